The molecule has 1 rings (SSSR count). The van der Waals surface area contributed by atoms with Crippen molar-refractivity contribution in [3.63, 3.8) is 0 Å². The molecule has 0 aliphatic carbocycles. The number of halogens is 1. The Labute approximate surface area is 126 Å². The molecule has 20 heavy (non-hydrogen) atoms. The maximum absolute atomic E-state index is 5.92. The minimum Gasteiger partial charge on any atom is -0.461 e. The summed E-state index contributed by atoms with van der Waals surface area (Å²) in [6.07, 6.45) is 5.69. The normalized spacial score (nSPS) is 12.5. The van der Waals surface area contributed by atoms with Gasteiger partial charge in [-0.1, -0.05) is 33.1 Å². The molecule has 0 spiro atoms. The topological polar surface area (TPSA) is 59.9 Å². The molecule has 5 nitrogen and oxygen atoms in total. The van der Waals surface area contributed by atoms with Crippen LogP contribution in [0.1, 0.15) is 59.8 Å². The minimum absolute atomic E-state index is 0.00727. The molecule has 1 aromatic rings. The fraction of sp³-hybridized carbons (Fsp3) is 0.786. The molecule has 0 amide bonds. The van der Waals surface area contributed by atoms with Crippen molar-refractivity contribution >= 4 is 17.5 Å². The van der Waals surface area contributed by atoms with Gasteiger partial charge < -0.3 is 10.1 Å². The summed E-state index contributed by atoms with van der Waals surface area (Å²) < 4.78 is 5.47. The van der Waals surface area contributed by atoms with Crippen LogP contribution < -0.4 is 10.1 Å². The smallest absolute Gasteiger partial charge is 0.322 e. The minimum atomic E-state index is 0.00727. The lowest BCUT2D eigenvalue weighted by Crippen LogP contribution is -2.21. The van der Waals surface area contributed by atoms with Crippen LogP contribution in [0.3, 0.4) is 0 Å². The zero-order chi connectivity index (χ0) is 15.0. The summed E-state index contributed by atoms with van der Waals surface area (Å²) in [4.78, 5) is 12.4. The number of hydrogen-bond acceptors (Lipinski definition) is 5. The molecule has 0 aromatic carbocycles. The number of ether oxygens (including phenoxy) is 1. The van der Waals surface area contributed by atoms with Gasteiger partial charge in [-0.3, -0.25) is 0 Å². The lowest BCUT2D eigenvalue weighted by molar-refractivity contribution is 0.222. The fourth-order valence-electron chi connectivity index (χ4n) is 1.93. The number of hydrogen-bond donors (Lipinski definition) is 1. The van der Waals surface area contributed by atoms with Crippen LogP contribution in [0.5, 0.6) is 6.01 Å². The van der Waals surface area contributed by atoms with Crippen LogP contribution >= 0.6 is 11.6 Å². The molecule has 0 aliphatic rings. The molecular formula is C14H25ClN4O. The third-order valence-corrected chi connectivity index (χ3v) is 2.97. The van der Waals surface area contributed by atoms with Crippen molar-refractivity contribution in [1.82, 2.24) is 15.0 Å². The van der Waals surface area contributed by atoms with Crippen LogP contribution in [0.2, 0.25) is 5.28 Å². The first-order valence-corrected chi connectivity index (χ1v) is 7.77. The van der Waals surface area contributed by atoms with Crippen LogP contribution in [-0.4, -0.2) is 27.1 Å². The lowest BCUT2D eigenvalue weighted by atomic mass is 10.1. The van der Waals surface area contributed by atoms with E-state index in [0.29, 0.717) is 12.0 Å². The van der Waals surface area contributed by atoms with E-state index in [1.807, 2.05) is 13.8 Å². The highest BCUT2D eigenvalue weighted by molar-refractivity contribution is 6.28. The van der Waals surface area contributed by atoms with Crippen molar-refractivity contribution in [3.05, 3.63) is 5.28 Å². The van der Waals surface area contributed by atoms with Crippen molar-refractivity contribution < 1.29 is 4.74 Å². The number of aromatic nitrogens is 3. The SMILES string of the molecule is CCCCC(CCC)Nc1nc(Cl)nc(OC(C)C)n1. The Kier molecular flexibility index (Phi) is 7.59. The lowest BCUT2D eigenvalue weighted by Gasteiger charge is -2.18. The second kappa shape index (κ2) is 8.95. The van der Waals surface area contributed by atoms with Gasteiger partial charge in [-0.25, -0.2) is 0 Å². The zero-order valence-electron chi connectivity index (χ0n) is 12.8. The van der Waals surface area contributed by atoms with Gasteiger partial charge in [0.1, 0.15) is 0 Å². The van der Waals surface area contributed by atoms with Crippen molar-refractivity contribution in [2.24, 2.45) is 0 Å². The summed E-state index contributed by atoms with van der Waals surface area (Å²) >= 11 is 5.92. The average molecular weight is 301 g/mol. The van der Waals surface area contributed by atoms with E-state index in [4.69, 9.17) is 16.3 Å². The molecule has 1 unspecified atom stereocenters. The highest BCUT2D eigenvalue weighted by Crippen LogP contribution is 2.16. The van der Waals surface area contributed by atoms with E-state index in [0.717, 1.165) is 19.3 Å². The van der Waals surface area contributed by atoms with E-state index < -0.39 is 0 Å². The molecule has 0 saturated carbocycles. The van der Waals surface area contributed by atoms with Crippen molar-refractivity contribution in [2.45, 2.75) is 71.9 Å². The summed E-state index contributed by atoms with van der Waals surface area (Å²) in [5, 5.41) is 3.50. The molecule has 1 heterocycles. The molecule has 0 aliphatic heterocycles. The number of rotatable bonds is 9. The third kappa shape index (κ3) is 6.37. The largest absolute Gasteiger partial charge is 0.461 e. The first-order valence-electron chi connectivity index (χ1n) is 7.39. The van der Waals surface area contributed by atoms with Gasteiger partial charge in [0.05, 0.1) is 6.10 Å². The summed E-state index contributed by atoms with van der Waals surface area (Å²) in [7, 11) is 0. The highest BCUT2D eigenvalue weighted by Gasteiger charge is 2.12. The maximum Gasteiger partial charge on any atom is 0.322 e. The molecular weight excluding hydrogens is 276 g/mol. The first kappa shape index (κ1) is 17.0. The van der Waals surface area contributed by atoms with Crippen LogP contribution in [0.25, 0.3) is 0 Å². The van der Waals surface area contributed by atoms with E-state index in [9.17, 15) is 0 Å². The molecule has 1 aromatic heterocycles. The molecule has 0 radical (unpaired) electrons. The van der Waals surface area contributed by atoms with Crippen LogP contribution in [0, 0.1) is 0 Å². The van der Waals surface area contributed by atoms with Gasteiger partial charge >= 0.3 is 6.01 Å². The molecule has 1 atom stereocenters. The zero-order valence-corrected chi connectivity index (χ0v) is 13.6. The fourth-order valence-corrected chi connectivity index (χ4v) is 2.08. The van der Waals surface area contributed by atoms with Gasteiger partial charge in [0, 0.05) is 6.04 Å². The van der Waals surface area contributed by atoms with E-state index in [-0.39, 0.29) is 17.4 Å². The Morgan fingerprint density at radius 3 is 2.45 bits per heavy atom. The predicted octanol–water partition coefficient (Wildman–Crippen LogP) is 4.08. The summed E-state index contributed by atoms with van der Waals surface area (Å²) in [6.45, 7) is 8.21. The number of nitrogens with one attached hydrogen (secondary N) is 1. The Bertz CT molecular complexity index is 401. The molecule has 6 heteroatoms. The van der Waals surface area contributed by atoms with Crippen molar-refractivity contribution in [2.75, 3.05) is 5.32 Å². The van der Waals surface area contributed by atoms with E-state index in [1.165, 1.54) is 12.8 Å². The third-order valence-electron chi connectivity index (χ3n) is 2.81. The Balaban J connectivity index is 2.74. The number of nitrogens with zero attached hydrogens (tertiary/aromatic N) is 3. The van der Waals surface area contributed by atoms with E-state index in [1.54, 1.807) is 0 Å². The van der Waals surface area contributed by atoms with Crippen LogP contribution in [0.15, 0.2) is 0 Å². The Morgan fingerprint density at radius 1 is 1.10 bits per heavy atom. The second-order valence-electron chi connectivity index (χ2n) is 5.15. The predicted molar refractivity (Wildman–Crippen MR) is 82.4 cm³/mol. The van der Waals surface area contributed by atoms with Crippen LogP contribution in [0.4, 0.5) is 5.95 Å². The van der Waals surface area contributed by atoms with Gasteiger partial charge in [-0.15, -0.1) is 0 Å². The van der Waals surface area contributed by atoms with Gasteiger partial charge in [0.15, 0.2) is 0 Å². The average Bonchev–Trinajstić information content (AvgIpc) is 2.34. The standard InChI is InChI=1S/C14H25ClN4O/c1-5-7-9-11(8-6-2)16-13-17-12(15)18-14(19-13)20-10(3)4/h10-11H,5-9H2,1-4H3,(H,16,17,18,19). The quantitative estimate of drug-likeness (QED) is 0.744. The van der Waals surface area contributed by atoms with Crippen LogP contribution in [-0.2, 0) is 0 Å². The summed E-state index contributed by atoms with van der Waals surface area (Å²) in [5.74, 6) is 0.496. The number of anilines is 1. The number of unbranched alkanes of at least 4 members (excludes halogenated alkanes) is 1. The van der Waals surface area contributed by atoms with Crippen molar-refractivity contribution in [1.29, 1.82) is 0 Å². The Morgan fingerprint density at radius 2 is 1.85 bits per heavy atom. The van der Waals surface area contributed by atoms with E-state index in [2.05, 4.69) is 34.1 Å². The summed E-state index contributed by atoms with van der Waals surface area (Å²) in [5.41, 5.74) is 0. The maximum atomic E-state index is 5.92. The monoisotopic (exact) mass is 300 g/mol. The molecule has 0 saturated heterocycles. The van der Waals surface area contributed by atoms with Gasteiger partial charge in [0.2, 0.25) is 11.2 Å². The Hall–Kier alpha value is -1.10. The summed E-state index contributed by atoms with van der Waals surface area (Å²) in [6, 6.07) is 0.638. The van der Waals surface area contributed by atoms with E-state index >= 15 is 0 Å². The van der Waals surface area contributed by atoms with Gasteiger partial charge in [0.25, 0.3) is 0 Å². The molecule has 1 N–H and O–H groups in total. The van der Waals surface area contributed by atoms with Gasteiger partial charge in [-0.05, 0) is 38.3 Å². The van der Waals surface area contributed by atoms with Crippen molar-refractivity contribution in [3.8, 4) is 6.01 Å². The molecule has 0 fully saturated rings. The second-order valence-corrected chi connectivity index (χ2v) is 5.49. The highest BCUT2D eigenvalue weighted by atomic mass is 35.5. The van der Waals surface area contributed by atoms with Gasteiger partial charge in [-0.2, -0.15) is 15.0 Å². The first-order chi connectivity index (χ1) is 9.55. The molecule has 0 bridgehead atoms. The molecule has 114 valence electrons.